The molecule has 0 bridgehead atoms. The van der Waals surface area contributed by atoms with Crippen LogP contribution in [0.5, 0.6) is 0 Å². The molecule has 25 heavy (non-hydrogen) atoms. The normalized spacial score (nSPS) is 23.2. The Morgan fingerprint density at radius 3 is 2.32 bits per heavy atom. The first-order chi connectivity index (χ1) is 11.7. The Morgan fingerprint density at radius 1 is 1.04 bits per heavy atom. The molecule has 3 aliphatic rings. The number of piperazine rings is 1. The van der Waals surface area contributed by atoms with E-state index in [0.717, 1.165) is 64.6 Å². The van der Waals surface area contributed by atoms with Crippen molar-refractivity contribution < 1.29 is 4.79 Å². The summed E-state index contributed by atoms with van der Waals surface area (Å²) in [5, 5.41) is 3.22. The van der Waals surface area contributed by atoms with Gasteiger partial charge in [0.15, 0.2) is 5.96 Å². The molecule has 0 unspecified atom stereocenters. The van der Waals surface area contributed by atoms with Gasteiger partial charge < -0.3 is 16.0 Å². The van der Waals surface area contributed by atoms with Crippen LogP contribution in [0, 0.1) is 11.8 Å². The van der Waals surface area contributed by atoms with Gasteiger partial charge in [0.25, 0.3) is 0 Å². The molecule has 3 fully saturated rings. The fourth-order valence-corrected chi connectivity index (χ4v) is 3.92. The molecular weight excluding hydrogens is 429 g/mol. The summed E-state index contributed by atoms with van der Waals surface area (Å²) in [6, 6.07) is 0. The summed E-state index contributed by atoms with van der Waals surface area (Å²) in [5.74, 6) is 2.05. The van der Waals surface area contributed by atoms with Crippen molar-refractivity contribution in [2.24, 2.45) is 22.6 Å². The molecule has 0 spiro atoms. The summed E-state index contributed by atoms with van der Waals surface area (Å²) in [7, 11) is 0. The van der Waals surface area contributed by atoms with E-state index in [-0.39, 0.29) is 24.0 Å². The first-order valence-electron chi connectivity index (χ1n) is 9.77. The lowest BCUT2D eigenvalue weighted by atomic mass is 9.86. The molecule has 0 radical (unpaired) electrons. The minimum atomic E-state index is 0. The number of hydrogen-bond donors (Lipinski definition) is 2. The van der Waals surface area contributed by atoms with Gasteiger partial charge in [-0.25, -0.2) is 0 Å². The Morgan fingerprint density at radius 2 is 1.72 bits per heavy atom. The van der Waals surface area contributed by atoms with Gasteiger partial charge in [0, 0.05) is 51.7 Å². The van der Waals surface area contributed by atoms with Crippen molar-refractivity contribution in [3.63, 3.8) is 0 Å². The second kappa shape index (κ2) is 10.5. The van der Waals surface area contributed by atoms with Crippen LogP contribution in [0.15, 0.2) is 4.99 Å². The molecule has 0 aromatic carbocycles. The summed E-state index contributed by atoms with van der Waals surface area (Å²) in [6.07, 6.45) is 8.62. The molecular formula is C18H34IN5O. The van der Waals surface area contributed by atoms with E-state index in [1.807, 2.05) is 0 Å². The maximum atomic E-state index is 12.4. The van der Waals surface area contributed by atoms with Crippen LogP contribution in [0.2, 0.25) is 0 Å². The Bertz CT molecular complexity index is 441. The molecule has 0 aromatic rings. The van der Waals surface area contributed by atoms with E-state index in [4.69, 9.17) is 5.73 Å². The van der Waals surface area contributed by atoms with Gasteiger partial charge in [-0.05, 0) is 31.6 Å². The summed E-state index contributed by atoms with van der Waals surface area (Å²) in [5.41, 5.74) is 5.92. The SMILES string of the molecule is I.NC(=NCC1CCC1)NCCN1CCN(C(=O)C2CCCC2)CC1. The van der Waals surface area contributed by atoms with E-state index >= 15 is 0 Å². The lowest BCUT2D eigenvalue weighted by molar-refractivity contribution is -0.137. The van der Waals surface area contributed by atoms with Crippen LogP contribution < -0.4 is 11.1 Å². The molecule has 3 N–H and O–H groups in total. The number of carbonyl (C=O) groups excluding carboxylic acids is 1. The standard InChI is InChI=1S/C18H33N5O.HI/c19-18(21-14-15-4-3-5-15)20-8-9-22-10-12-23(13-11-22)17(24)16-6-1-2-7-16;/h15-16H,1-14H2,(H3,19,20,21);1H. The van der Waals surface area contributed by atoms with Crippen LogP contribution in [0.3, 0.4) is 0 Å². The lowest BCUT2D eigenvalue weighted by Crippen LogP contribution is -2.51. The molecule has 1 heterocycles. The molecule has 6 nitrogen and oxygen atoms in total. The number of rotatable bonds is 6. The summed E-state index contributed by atoms with van der Waals surface area (Å²) in [6.45, 7) is 6.36. The highest BCUT2D eigenvalue weighted by Crippen LogP contribution is 2.27. The molecule has 1 amide bonds. The number of amides is 1. The van der Waals surface area contributed by atoms with Crippen LogP contribution in [0.1, 0.15) is 44.9 Å². The zero-order valence-electron chi connectivity index (χ0n) is 15.3. The average molecular weight is 463 g/mol. The monoisotopic (exact) mass is 463 g/mol. The number of halogens is 1. The first kappa shape index (κ1) is 20.7. The molecule has 1 saturated heterocycles. The largest absolute Gasteiger partial charge is 0.370 e. The minimum absolute atomic E-state index is 0. The van der Waals surface area contributed by atoms with Crippen molar-refractivity contribution in [2.45, 2.75) is 44.9 Å². The van der Waals surface area contributed by atoms with Gasteiger partial charge >= 0.3 is 0 Å². The van der Waals surface area contributed by atoms with Gasteiger partial charge in [-0.15, -0.1) is 24.0 Å². The van der Waals surface area contributed by atoms with E-state index in [1.165, 1.54) is 32.1 Å². The topological polar surface area (TPSA) is 74.0 Å². The van der Waals surface area contributed by atoms with Crippen LogP contribution in [-0.2, 0) is 4.79 Å². The predicted molar refractivity (Wildman–Crippen MR) is 112 cm³/mol. The third-order valence-corrected chi connectivity index (χ3v) is 5.87. The second-order valence-corrected chi connectivity index (χ2v) is 7.60. The highest BCUT2D eigenvalue weighted by molar-refractivity contribution is 14.0. The van der Waals surface area contributed by atoms with Crippen LogP contribution in [0.4, 0.5) is 0 Å². The second-order valence-electron chi connectivity index (χ2n) is 7.60. The number of guanidine groups is 1. The number of nitrogens with zero attached hydrogens (tertiary/aromatic N) is 3. The Hall–Kier alpha value is -0.570. The van der Waals surface area contributed by atoms with Gasteiger partial charge in [-0.3, -0.25) is 14.7 Å². The van der Waals surface area contributed by atoms with Gasteiger partial charge in [0.1, 0.15) is 0 Å². The smallest absolute Gasteiger partial charge is 0.225 e. The zero-order chi connectivity index (χ0) is 16.8. The molecule has 1 aliphatic heterocycles. The number of aliphatic imine (C=N–C) groups is 1. The van der Waals surface area contributed by atoms with Crippen molar-refractivity contribution in [2.75, 3.05) is 45.8 Å². The third-order valence-electron chi connectivity index (χ3n) is 5.87. The highest BCUT2D eigenvalue weighted by atomic mass is 127. The molecule has 7 heteroatoms. The van der Waals surface area contributed by atoms with Gasteiger partial charge in [-0.1, -0.05) is 19.3 Å². The van der Waals surface area contributed by atoms with E-state index < -0.39 is 0 Å². The molecule has 0 atom stereocenters. The molecule has 2 aliphatic carbocycles. The van der Waals surface area contributed by atoms with Crippen molar-refractivity contribution in [3.8, 4) is 0 Å². The fraction of sp³-hybridized carbons (Fsp3) is 0.889. The van der Waals surface area contributed by atoms with Gasteiger partial charge in [-0.2, -0.15) is 0 Å². The van der Waals surface area contributed by atoms with Crippen molar-refractivity contribution in [3.05, 3.63) is 0 Å². The maximum Gasteiger partial charge on any atom is 0.225 e. The number of hydrogen-bond acceptors (Lipinski definition) is 3. The predicted octanol–water partition coefficient (Wildman–Crippen LogP) is 1.64. The first-order valence-corrected chi connectivity index (χ1v) is 9.77. The Labute approximate surface area is 169 Å². The van der Waals surface area contributed by atoms with Gasteiger partial charge in [0.2, 0.25) is 5.91 Å². The lowest BCUT2D eigenvalue weighted by Gasteiger charge is -2.36. The summed E-state index contributed by atoms with van der Waals surface area (Å²) in [4.78, 5) is 21.3. The zero-order valence-corrected chi connectivity index (χ0v) is 17.6. The molecule has 2 saturated carbocycles. The molecule has 144 valence electrons. The van der Waals surface area contributed by atoms with Crippen molar-refractivity contribution in [1.29, 1.82) is 0 Å². The Kier molecular flexibility index (Phi) is 8.75. The van der Waals surface area contributed by atoms with Crippen LogP contribution in [0.25, 0.3) is 0 Å². The van der Waals surface area contributed by atoms with E-state index in [2.05, 4.69) is 20.1 Å². The summed E-state index contributed by atoms with van der Waals surface area (Å²) >= 11 is 0. The number of carbonyl (C=O) groups is 1. The van der Waals surface area contributed by atoms with Crippen LogP contribution in [-0.4, -0.2) is 67.5 Å². The molecule has 0 aromatic heterocycles. The number of nitrogens with one attached hydrogen (secondary N) is 1. The van der Waals surface area contributed by atoms with Crippen LogP contribution >= 0.6 is 24.0 Å². The maximum absolute atomic E-state index is 12.4. The fourth-order valence-electron chi connectivity index (χ4n) is 3.92. The van der Waals surface area contributed by atoms with E-state index in [9.17, 15) is 4.79 Å². The van der Waals surface area contributed by atoms with Crippen molar-refractivity contribution >= 4 is 35.8 Å². The minimum Gasteiger partial charge on any atom is -0.370 e. The van der Waals surface area contributed by atoms with Crippen molar-refractivity contribution in [1.82, 2.24) is 15.1 Å². The van der Waals surface area contributed by atoms with E-state index in [1.54, 1.807) is 0 Å². The third kappa shape index (κ3) is 6.27. The number of nitrogens with two attached hydrogens (primary N) is 1. The molecule has 3 rings (SSSR count). The average Bonchev–Trinajstić information content (AvgIpc) is 3.08. The van der Waals surface area contributed by atoms with E-state index in [0.29, 0.717) is 17.8 Å². The van der Waals surface area contributed by atoms with Gasteiger partial charge in [0.05, 0.1) is 0 Å². The Balaban J connectivity index is 0.00000225. The summed E-state index contributed by atoms with van der Waals surface area (Å²) < 4.78 is 0. The highest BCUT2D eigenvalue weighted by Gasteiger charge is 2.29. The quantitative estimate of drug-likeness (QED) is 0.357.